The van der Waals surface area contributed by atoms with Gasteiger partial charge in [0, 0.05) is 18.7 Å². The molecule has 2 rings (SSSR count). The Morgan fingerprint density at radius 1 is 1.53 bits per heavy atom. The third-order valence-electron chi connectivity index (χ3n) is 3.59. The quantitative estimate of drug-likeness (QED) is 0.616. The fraction of sp³-hybridized carbons (Fsp3) is 0.500. The van der Waals surface area contributed by atoms with Gasteiger partial charge in [-0.2, -0.15) is 0 Å². The SMILES string of the molecule is CCC1CCN(Cc2cccc(C(=N)N)c2)C1. The molecular weight excluding hydrogens is 210 g/mol. The molecule has 1 aliphatic rings. The Morgan fingerprint density at radius 3 is 3.00 bits per heavy atom. The Bertz CT molecular complexity index is 400. The summed E-state index contributed by atoms with van der Waals surface area (Å²) in [5.74, 6) is 1.02. The number of amidine groups is 1. The molecule has 1 unspecified atom stereocenters. The molecule has 92 valence electrons. The molecule has 0 bridgehead atoms. The van der Waals surface area contributed by atoms with Gasteiger partial charge in [-0.3, -0.25) is 10.3 Å². The lowest BCUT2D eigenvalue weighted by Gasteiger charge is -2.16. The molecule has 0 amide bonds. The Kier molecular flexibility index (Phi) is 3.79. The summed E-state index contributed by atoms with van der Waals surface area (Å²) in [6.45, 7) is 5.66. The molecule has 3 N–H and O–H groups in total. The van der Waals surface area contributed by atoms with Crippen molar-refractivity contribution in [2.45, 2.75) is 26.3 Å². The molecular formula is C14H21N3. The van der Waals surface area contributed by atoms with Crippen molar-refractivity contribution in [2.75, 3.05) is 13.1 Å². The first-order valence-electron chi connectivity index (χ1n) is 6.34. The summed E-state index contributed by atoms with van der Waals surface area (Å²) >= 11 is 0. The van der Waals surface area contributed by atoms with Crippen molar-refractivity contribution in [2.24, 2.45) is 11.7 Å². The average Bonchev–Trinajstić information content (AvgIpc) is 2.77. The molecule has 0 saturated carbocycles. The zero-order valence-corrected chi connectivity index (χ0v) is 10.4. The minimum atomic E-state index is 0.153. The van der Waals surface area contributed by atoms with Crippen LogP contribution in [0.3, 0.4) is 0 Å². The largest absolute Gasteiger partial charge is 0.384 e. The smallest absolute Gasteiger partial charge is 0.122 e. The van der Waals surface area contributed by atoms with Crippen LogP contribution in [0, 0.1) is 11.3 Å². The van der Waals surface area contributed by atoms with E-state index in [-0.39, 0.29) is 5.84 Å². The van der Waals surface area contributed by atoms with Gasteiger partial charge in [0.15, 0.2) is 0 Å². The van der Waals surface area contributed by atoms with E-state index in [1.54, 1.807) is 0 Å². The summed E-state index contributed by atoms with van der Waals surface area (Å²) in [5, 5.41) is 7.44. The number of nitrogen functional groups attached to an aromatic ring is 1. The maximum atomic E-state index is 7.44. The second kappa shape index (κ2) is 5.32. The van der Waals surface area contributed by atoms with E-state index < -0.39 is 0 Å². The summed E-state index contributed by atoms with van der Waals surface area (Å²) in [4.78, 5) is 2.49. The van der Waals surface area contributed by atoms with E-state index in [0.717, 1.165) is 18.0 Å². The number of nitrogens with one attached hydrogen (secondary N) is 1. The van der Waals surface area contributed by atoms with E-state index in [9.17, 15) is 0 Å². The van der Waals surface area contributed by atoms with E-state index in [4.69, 9.17) is 11.1 Å². The van der Waals surface area contributed by atoms with Crippen molar-refractivity contribution in [1.82, 2.24) is 4.90 Å². The van der Waals surface area contributed by atoms with Crippen LogP contribution in [0.1, 0.15) is 30.9 Å². The molecule has 1 saturated heterocycles. The van der Waals surface area contributed by atoms with Gasteiger partial charge in [-0.15, -0.1) is 0 Å². The molecule has 0 spiro atoms. The third-order valence-corrected chi connectivity index (χ3v) is 3.59. The van der Waals surface area contributed by atoms with Gasteiger partial charge >= 0.3 is 0 Å². The summed E-state index contributed by atoms with van der Waals surface area (Å²) < 4.78 is 0. The van der Waals surface area contributed by atoms with Crippen LogP contribution in [0.5, 0.6) is 0 Å². The second-order valence-electron chi connectivity index (χ2n) is 4.91. The van der Waals surface area contributed by atoms with Crippen molar-refractivity contribution >= 4 is 5.84 Å². The Labute approximate surface area is 103 Å². The maximum Gasteiger partial charge on any atom is 0.122 e. The highest BCUT2D eigenvalue weighted by atomic mass is 15.1. The van der Waals surface area contributed by atoms with Gasteiger partial charge < -0.3 is 5.73 Å². The lowest BCUT2D eigenvalue weighted by molar-refractivity contribution is 0.315. The lowest BCUT2D eigenvalue weighted by Crippen LogP contribution is -2.20. The molecule has 0 aromatic heterocycles. The average molecular weight is 231 g/mol. The topological polar surface area (TPSA) is 53.1 Å². The first-order valence-corrected chi connectivity index (χ1v) is 6.34. The van der Waals surface area contributed by atoms with Gasteiger partial charge in [0.05, 0.1) is 0 Å². The zero-order chi connectivity index (χ0) is 12.3. The van der Waals surface area contributed by atoms with E-state index in [0.29, 0.717) is 0 Å². The van der Waals surface area contributed by atoms with Crippen molar-refractivity contribution in [1.29, 1.82) is 5.41 Å². The lowest BCUT2D eigenvalue weighted by atomic mass is 10.1. The van der Waals surface area contributed by atoms with Crippen molar-refractivity contribution < 1.29 is 0 Å². The standard InChI is InChI=1S/C14H21N3/c1-2-11-6-7-17(9-11)10-12-4-3-5-13(8-12)14(15)16/h3-5,8,11H,2,6-7,9-10H2,1H3,(H3,15,16). The van der Waals surface area contributed by atoms with Crippen LogP contribution in [0.4, 0.5) is 0 Å². The summed E-state index contributed by atoms with van der Waals surface area (Å²) in [6.07, 6.45) is 2.60. The third kappa shape index (κ3) is 3.07. The van der Waals surface area contributed by atoms with Gasteiger partial charge in [0.25, 0.3) is 0 Å². The molecule has 17 heavy (non-hydrogen) atoms. The summed E-state index contributed by atoms with van der Waals surface area (Å²) in [6, 6.07) is 8.03. The normalized spacial score (nSPS) is 20.6. The molecule has 1 fully saturated rings. The molecule has 0 radical (unpaired) electrons. The first-order chi connectivity index (χ1) is 8.19. The minimum Gasteiger partial charge on any atom is -0.384 e. The highest BCUT2D eigenvalue weighted by Gasteiger charge is 2.20. The first kappa shape index (κ1) is 12.1. The van der Waals surface area contributed by atoms with Gasteiger partial charge in [0.2, 0.25) is 0 Å². The van der Waals surface area contributed by atoms with E-state index >= 15 is 0 Å². The Morgan fingerprint density at radius 2 is 2.35 bits per heavy atom. The Balaban J connectivity index is 1.99. The second-order valence-corrected chi connectivity index (χ2v) is 4.91. The molecule has 0 aliphatic carbocycles. The number of rotatable bonds is 4. The summed E-state index contributed by atoms with van der Waals surface area (Å²) in [5.41, 5.74) is 7.59. The van der Waals surface area contributed by atoms with Gasteiger partial charge in [0.1, 0.15) is 5.84 Å². The highest BCUT2D eigenvalue weighted by molar-refractivity contribution is 5.95. The number of hydrogen-bond acceptors (Lipinski definition) is 2. The van der Waals surface area contributed by atoms with Crippen LogP contribution < -0.4 is 5.73 Å². The molecule has 3 heteroatoms. The van der Waals surface area contributed by atoms with Crippen LogP contribution in [0.15, 0.2) is 24.3 Å². The number of likely N-dealkylation sites (tertiary alicyclic amines) is 1. The Hall–Kier alpha value is -1.35. The van der Waals surface area contributed by atoms with Crippen molar-refractivity contribution in [3.8, 4) is 0 Å². The van der Waals surface area contributed by atoms with Crippen LogP contribution in [0.2, 0.25) is 0 Å². The van der Waals surface area contributed by atoms with Gasteiger partial charge in [-0.25, -0.2) is 0 Å². The van der Waals surface area contributed by atoms with E-state index in [1.807, 2.05) is 18.2 Å². The maximum absolute atomic E-state index is 7.44. The van der Waals surface area contributed by atoms with Crippen LogP contribution in [-0.4, -0.2) is 23.8 Å². The highest BCUT2D eigenvalue weighted by Crippen LogP contribution is 2.21. The predicted octanol–water partition coefficient (Wildman–Crippen LogP) is 2.20. The van der Waals surface area contributed by atoms with Crippen molar-refractivity contribution in [3.63, 3.8) is 0 Å². The predicted molar refractivity (Wildman–Crippen MR) is 71.1 cm³/mol. The van der Waals surface area contributed by atoms with Crippen molar-refractivity contribution in [3.05, 3.63) is 35.4 Å². The fourth-order valence-electron chi connectivity index (χ4n) is 2.49. The minimum absolute atomic E-state index is 0.153. The number of nitrogens with zero attached hydrogens (tertiary/aromatic N) is 1. The molecule has 1 heterocycles. The van der Waals surface area contributed by atoms with E-state index in [1.165, 1.54) is 31.5 Å². The molecule has 1 aliphatic heterocycles. The number of nitrogens with two attached hydrogens (primary N) is 1. The van der Waals surface area contributed by atoms with Crippen LogP contribution in [0.25, 0.3) is 0 Å². The monoisotopic (exact) mass is 231 g/mol. The molecule has 1 aromatic rings. The molecule has 1 atom stereocenters. The van der Waals surface area contributed by atoms with Crippen LogP contribution in [-0.2, 0) is 6.54 Å². The van der Waals surface area contributed by atoms with Gasteiger partial charge in [-0.05, 0) is 30.5 Å². The van der Waals surface area contributed by atoms with E-state index in [2.05, 4.69) is 17.9 Å². The molecule has 3 nitrogen and oxygen atoms in total. The summed E-state index contributed by atoms with van der Waals surface area (Å²) in [7, 11) is 0. The number of hydrogen-bond donors (Lipinski definition) is 2. The molecule has 1 aromatic carbocycles. The van der Waals surface area contributed by atoms with Gasteiger partial charge in [-0.1, -0.05) is 31.5 Å². The van der Waals surface area contributed by atoms with Crippen LogP contribution >= 0.6 is 0 Å². The fourth-order valence-corrected chi connectivity index (χ4v) is 2.49. The zero-order valence-electron chi connectivity index (χ0n) is 10.4. The number of benzene rings is 1.